The lowest BCUT2D eigenvalue weighted by atomic mass is 9.95. The molecule has 0 aliphatic rings. The number of thiophene rings is 1. The molecule has 3 heteroatoms. The Morgan fingerprint density at radius 2 is 1.95 bits per heavy atom. The molecule has 0 saturated heterocycles. The maximum atomic E-state index is 10.8. The number of carboxylic acids is 1. The Kier molecular flexibility index (Phi) is 4.74. The van der Waals surface area contributed by atoms with E-state index in [9.17, 15) is 4.79 Å². The molecule has 0 aliphatic carbocycles. The largest absolute Gasteiger partial charge is 0.478 e. The van der Waals surface area contributed by atoms with Crippen LogP contribution in [-0.4, -0.2) is 11.1 Å². The highest BCUT2D eigenvalue weighted by Crippen LogP contribution is 2.25. The van der Waals surface area contributed by atoms with E-state index in [0.717, 1.165) is 11.1 Å². The number of hydrogen-bond donors (Lipinski definition) is 1. The standard InChI is InChI=1S/C17H18O2S/c1-12(2)15(11-17(18)19)10-13-5-7-14(8-6-13)16-4-3-9-20-16/h3-9,11-12H,10H2,1-2H3,(H,18,19)/b15-11-. The predicted octanol–water partition coefficient (Wildman–Crippen LogP) is 4.62. The molecule has 0 amide bonds. The van der Waals surface area contributed by atoms with Crippen LogP contribution in [0.25, 0.3) is 10.4 Å². The second-order valence-electron chi connectivity index (χ2n) is 5.06. The van der Waals surface area contributed by atoms with Crippen LogP contribution in [0.3, 0.4) is 0 Å². The zero-order valence-corrected chi connectivity index (χ0v) is 12.5. The molecule has 1 aromatic carbocycles. The molecule has 0 saturated carbocycles. The first-order valence-corrected chi connectivity index (χ1v) is 7.50. The van der Waals surface area contributed by atoms with Gasteiger partial charge in [-0.25, -0.2) is 4.79 Å². The van der Waals surface area contributed by atoms with Crippen molar-refractivity contribution in [3.63, 3.8) is 0 Å². The highest BCUT2D eigenvalue weighted by atomic mass is 32.1. The summed E-state index contributed by atoms with van der Waals surface area (Å²) in [5.74, 6) is -0.632. The maximum absolute atomic E-state index is 10.8. The Bertz CT molecular complexity index is 592. The second-order valence-corrected chi connectivity index (χ2v) is 6.01. The van der Waals surface area contributed by atoms with E-state index in [0.29, 0.717) is 6.42 Å². The van der Waals surface area contributed by atoms with Crippen molar-refractivity contribution >= 4 is 17.3 Å². The van der Waals surface area contributed by atoms with Crippen LogP contribution in [0.1, 0.15) is 19.4 Å². The van der Waals surface area contributed by atoms with E-state index in [1.807, 2.05) is 19.9 Å². The zero-order valence-electron chi connectivity index (χ0n) is 11.7. The van der Waals surface area contributed by atoms with Crippen LogP contribution in [0.5, 0.6) is 0 Å². The molecule has 2 aromatic rings. The molecular formula is C17H18O2S. The molecule has 20 heavy (non-hydrogen) atoms. The van der Waals surface area contributed by atoms with E-state index in [4.69, 9.17) is 5.11 Å². The molecule has 2 nitrogen and oxygen atoms in total. The molecule has 1 aromatic heterocycles. The van der Waals surface area contributed by atoms with Gasteiger partial charge in [-0.05, 0) is 34.9 Å². The summed E-state index contributed by atoms with van der Waals surface area (Å²) in [5, 5.41) is 11.0. The molecular weight excluding hydrogens is 268 g/mol. The van der Waals surface area contributed by atoms with Gasteiger partial charge in [-0.1, -0.05) is 49.8 Å². The van der Waals surface area contributed by atoms with E-state index < -0.39 is 5.97 Å². The van der Waals surface area contributed by atoms with Crippen LogP contribution in [0.15, 0.2) is 53.4 Å². The molecule has 0 spiro atoms. The van der Waals surface area contributed by atoms with Crippen molar-refractivity contribution in [1.82, 2.24) is 0 Å². The Labute approximate surface area is 123 Å². The van der Waals surface area contributed by atoms with Gasteiger partial charge in [-0.2, -0.15) is 0 Å². The highest BCUT2D eigenvalue weighted by Gasteiger charge is 2.07. The number of rotatable bonds is 5. The number of allylic oxidation sites excluding steroid dienone is 1. The Morgan fingerprint density at radius 1 is 1.25 bits per heavy atom. The average Bonchev–Trinajstić information content (AvgIpc) is 2.92. The van der Waals surface area contributed by atoms with Crippen LogP contribution in [0.4, 0.5) is 0 Å². The normalized spacial score (nSPS) is 11.8. The minimum absolute atomic E-state index is 0.239. The van der Waals surface area contributed by atoms with Gasteiger partial charge in [-0.15, -0.1) is 11.3 Å². The summed E-state index contributed by atoms with van der Waals surface area (Å²) in [4.78, 5) is 12.1. The van der Waals surface area contributed by atoms with Gasteiger partial charge in [0.2, 0.25) is 0 Å². The van der Waals surface area contributed by atoms with Gasteiger partial charge in [0, 0.05) is 11.0 Å². The van der Waals surface area contributed by atoms with E-state index in [1.165, 1.54) is 16.5 Å². The fourth-order valence-corrected chi connectivity index (χ4v) is 2.78. The Hall–Kier alpha value is -1.87. The second kappa shape index (κ2) is 6.53. The lowest BCUT2D eigenvalue weighted by Crippen LogP contribution is -2.02. The van der Waals surface area contributed by atoms with Crippen molar-refractivity contribution in [1.29, 1.82) is 0 Å². The van der Waals surface area contributed by atoms with Crippen molar-refractivity contribution < 1.29 is 9.90 Å². The fraction of sp³-hybridized carbons (Fsp3) is 0.235. The van der Waals surface area contributed by atoms with Crippen molar-refractivity contribution in [3.8, 4) is 10.4 Å². The SMILES string of the molecule is CC(C)/C(=C\C(=O)O)Cc1ccc(-c2cccs2)cc1. The Balaban J connectivity index is 2.16. The van der Waals surface area contributed by atoms with E-state index in [1.54, 1.807) is 11.3 Å². The van der Waals surface area contributed by atoms with Crippen molar-refractivity contribution in [2.24, 2.45) is 5.92 Å². The number of aliphatic carboxylic acids is 1. The van der Waals surface area contributed by atoms with Crippen LogP contribution in [0, 0.1) is 5.92 Å². The van der Waals surface area contributed by atoms with Gasteiger partial charge in [0.05, 0.1) is 0 Å². The van der Waals surface area contributed by atoms with Crippen molar-refractivity contribution in [3.05, 3.63) is 59.0 Å². The van der Waals surface area contributed by atoms with E-state index >= 15 is 0 Å². The lowest BCUT2D eigenvalue weighted by molar-refractivity contribution is -0.131. The van der Waals surface area contributed by atoms with Gasteiger partial charge in [-0.3, -0.25) is 0 Å². The molecule has 0 radical (unpaired) electrons. The van der Waals surface area contributed by atoms with Crippen LogP contribution < -0.4 is 0 Å². The first kappa shape index (κ1) is 14.5. The molecule has 0 unspecified atom stereocenters. The monoisotopic (exact) mass is 286 g/mol. The zero-order chi connectivity index (χ0) is 14.5. The van der Waals surface area contributed by atoms with Crippen LogP contribution in [-0.2, 0) is 11.2 Å². The van der Waals surface area contributed by atoms with Gasteiger partial charge >= 0.3 is 5.97 Å². The van der Waals surface area contributed by atoms with Gasteiger partial charge in [0.25, 0.3) is 0 Å². The molecule has 0 fully saturated rings. The van der Waals surface area contributed by atoms with Crippen LogP contribution in [0.2, 0.25) is 0 Å². The summed E-state index contributed by atoms with van der Waals surface area (Å²) < 4.78 is 0. The average molecular weight is 286 g/mol. The molecule has 1 N–H and O–H groups in total. The number of hydrogen-bond acceptors (Lipinski definition) is 2. The minimum Gasteiger partial charge on any atom is -0.478 e. The minimum atomic E-state index is -0.871. The third-order valence-electron chi connectivity index (χ3n) is 3.22. The maximum Gasteiger partial charge on any atom is 0.328 e. The van der Waals surface area contributed by atoms with Crippen LogP contribution >= 0.6 is 11.3 Å². The number of carbonyl (C=O) groups is 1. The van der Waals surface area contributed by atoms with E-state index in [-0.39, 0.29) is 5.92 Å². The molecule has 104 valence electrons. The highest BCUT2D eigenvalue weighted by molar-refractivity contribution is 7.13. The quantitative estimate of drug-likeness (QED) is 0.814. The topological polar surface area (TPSA) is 37.3 Å². The lowest BCUT2D eigenvalue weighted by Gasteiger charge is -2.11. The predicted molar refractivity (Wildman–Crippen MR) is 84.0 cm³/mol. The third-order valence-corrected chi connectivity index (χ3v) is 4.14. The summed E-state index contributed by atoms with van der Waals surface area (Å²) in [6.45, 7) is 4.05. The number of carboxylic acid groups (broad SMARTS) is 1. The van der Waals surface area contributed by atoms with Gasteiger partial charge < -0.3 is 5.11 Å². The van der Waals surface area contributed by atoms with E-state index in [2.05, 4.69) is 35.7 Å². The summed E-state index contributed by atoms with van der Waals surface area (Å²) in [6.07, 6.45) is 2.02. The van der Waals surface area contributed by atoms with Crippen molar-refractivity contribution in [2.45, 2.75) is 20.3 Å². The fourth-order valence-electron chi connectivity index (χ4n) is 2.05. The molecule has 1 heterocycles. The van der Waals surface area contributed by atoms with Crippen molar-refractivity contribution in [2.75, 3.05) is 0 Å². The van der Waals surface area contributed by atoms with Gasteiger partial charge in [0.1, 0.15) is 0 Å². The molecule has 0 bridgehead atoms. The molecule has 0 atom stereocenters. The molecule has 2 rings (SSSR count). The number of benzene rings is 1. The smallest absolute Gasteiger partial charge is 0.328 e. The first-order chi connectivity index (χ1) is 9.56. The summed E-state index contributed by atoms with van der Waals surface area (Å²) in [7, 11) is 0. The summed E-state index contributed by atoms with van der Waals surface area (Å²) in [5.41, 5.74) is 3.30. The Morgan fingerprint density at radius 3 is 2.45 bits per heavy atom. The third kappa shape index (κ3) is 3.81. The first-order valence-electron chi connectivity index (χ1n) is 6.62. The van der Waals surface area contributed by atoms with Gasteiger partial charge in [0.15, 0.2) is 0 Å². The summed E-state index contributed by atoms with van der Waals surface area (Å²) in [6, 6.07) is 12.5. The summed E-state index contributed by atoms with van der Waals surface area (Å²) >= 11 is 1.72. The molecule has 0 aliphatic heterocycles.